The van der Waals surface area contributed by atoms with Crippen LogP contribution in [0.3, 0.4) is 0 Å². The van der Waals surface area contributed by atoms with E-state index in [-0.39, 0.29) is 11.9 Å². The van der Waals surface area contributed by atoms with Crippen molar-refractivity contribution in [1.82, 2.24) is 4.98 Å². The Morgan fingerprint density at radius 2 is 1.61 bits per heavy atom. The molecule has 1 heterocycles. The highest BCUT2D eigenvalue weighted by Gasteiger charge is 2.07. The maximum Gasteiger partial charge on any atom is 0.343 e. The summed E-state index contributed by atoms with van der Waals surface area (Å²) in [6.07, 6.45) is 5.48. The molecule has 0 unspecified atom stereocenters. The number of rotatable bonds is 5. The first-order valence-electron chi connectivity index (χ1n) is 8.80. The van der Waals surface area contributed by atoms with Crippen molar-refractivity contribution in [3.05, 3.63) is 89.1 Å². The van der Waals surface area contributed by atoms with Crippen molar-refractivity contribution in [2.45, 2.75) is 13.8 Å². The topological polar surface area (TPSA) is 68.3 Å². The molecule has 0 aliphatic rings. The molecule has 0 aliphatic heterocycles. The van der Waals surface area contributed by atoms with E-state index < -0.39 is 0 Å². The van der Waals surface area contributed by atoms with E-state index in [9.17, 15) is 9.59 Å². The van der Waals surface area contributed by atoms with Crippen molar-refractivity contribution in [2.75, 3.05) is 5.32 Å². The number of benzene rings is 2. The average Bonchev–Trinajstić information content (AvgIpc) is 2.68. The molecule has 0 fully saturated rings. The second-order valence-electron chi connectivity index (χ2n) is 6.31. The lowest BCUT2D eigenvalue weighted by Crippen LogP contribution is -2.08. The quantitative estimate of drug-likeness (QED) is 0.519. The van der Waals surface area contributed by atoms with Crippen LogP contribution in [0.1, 0.15) is 34.0 Å². The number of nitrogens with one attached hydrogen (secondary N) is 1. The molecule has 5 nitrogen and oxygen atoms in total. The van der Waals surface area contributed by atoms with E-state index in [0.717, 1.165) is 16.7 Å². The molecule has 5 heteroatoms. The van der Waals surface area contributed by atoms with Gasteiger partial charge in [-0.2, -0.15) is 0 Å². The third-order valence-electron chi connectivity index (χ3n) is 3.93. The van der Waals surface area contributed by atoms with E-state index in [4.69, 9.17) is 4.74 Å². The van der Waals surface area contributed by atoms with Crippen molar-refractivity contribution in [3.63, 3.8) is 0 Å². The summed E-state index contributed by atoms with van der Waals surface area (Å²) in [5.41, 5.74) is 3.47. The van der Waals surface area contributed by atoms with Gasteiger partial charge in [0, 0.05) is 13.1 Å². The fourth-order valence-corrected chi connectivity index (χ4v) is 2.49. The van der Waals surface area contributed by atoms with Crippen molar-refractivity contribution >= 4 is 29.8 Å². The summed E-state index contributed by atoms with van der Waals surface area (Å²) in [5, 5.41) is 2.65. The minimum absolute atomic E-state index is 0.163. The van der Waals surface area contributed by atoms with E-state index in [1.54, 1.807) is 36.5 Å². The number of aromatic nitrogens is 1. The number of esters is 1. The van der Waals surface area contributed by atoms with E-state index >= 15 is 0 Å². The maximum atomic E-state index is 12.2. The minimum Gasteiger partial charge on any atom is -0.423 e. The maximum absolute atomic E-state index is 12.2. The summed E-state index contributed by atoms with van der Waals surface area (Å²) in [6.45, 7) is 3.41. The molecule has 0 aliphatic carbocycles. The molecule has 0 radical (unpaired) electrons. The monoisotopic (exact) mass is 372 g/mol. The lowest BCUT2D eigenvalue weighted by Gasteiger charge is -2.05. The van der Waals surface area contributed by atoms with Crippen LogP contribution in [-0.2, 0) is 4.79 Å². The van der Waals surface area contributed by atoms with Crippen LogP contribution in [0.2, 0.25) is 0 Å². The van der Waals surface area contributed by atoms with Crippen LogP contribution in [0, 0.1) is 6.92 Å². The lowest BCUT2D eigenvalue weighted by atomic mass is 10.1. The molecule has 3 rings (SSSR count). The second-order valence-corrected chi connectivity index (χ2v) is 6.31. The summed E-state index contributed by atoms with van der Waals surface area (Å²) < 4.78 is 5.40. The number of nitrogens with zero attached hydrogens (tertiary/aromatic N) is 1. The van der Waals surface area contributed by atoms with Crippen molar-refractivity contribution in [1.29, 1.82) is 0 Å². The molecule has 28 heavy (non-hydrogen) atoms. The number of hydrogen-bond donors (Lipinski definition) is 1. The van der Waals surface area contributed by atoms with Crippen molar-refractivity contribution in [3.8, 4) is 5.75 Å². The van der Waals surface area contributed by atoms with Crippen LogP contribution in [-0.4, -0.2) is 16.9 Å². The molecular weight excluding hydrogens is 352 g/mol. The summed E-state index contributed by atoms with van der Waals surface area (Å²) in [5.74, 6) is 0.447. The van der Waals surface area contributed by atoms with Crippen LogP contribution >= 0.6 is 0 Å². The van der Waals surface area contributed by atoms with E-state index in [1.807, 2.05) is 49.4 Å². The number of amides is 1. The predicted molar refractivity (Wildman–Crippen MR) is 110 cm³/mol. The highest BCUT2D eigenvalue weighted by Crippen LogP contribution is 2.17. The van der Waals surface area contributed by atoms with Gasteiger partial charge in [0.2, 0.25) is 5.91 Å². The number of ether oxygens (including phenoxy) is 1. The standard InChI is InChI=1S/C23H20N2O3/c1-16-3-9-20(10-4-16)23(27)28-21-11-7-18(8-12-21)5-6-19-13-14-24-22(15-19)25-17(2)26/h3-15H,1-2H3,(H,24,25,26)/b6-5+. The number of hydrogen-bond acceptors (Lipinski definition) is 4. The third-order valence-corrected chi connectivity index (χ3v) is 3.93. The highest BCUT2D eigenvalue weighted by molar-refractivity contribution is 5.91. The minimum atomic E-state index is -0.384. The molecule has 2 aromatic carbocycles. The second kappa shape index (κ2) is 8.77. The van der Waals surface area contributed by atoms with Gasteiger partial charge in [0.05, 0.1) is 5.56 Å². The molecule has 3 aromatic rings. The molecule has 0 saturated carbocycles. The van der Waals surface area contributed by atoms with Crippen LogP contribution in [0.15, 0.2) is 66.9 Å². The first kappa shape index (κ1) is 19.0. The van der Waals surface area contributed by atoms with Gasteiger partial charge < -0.3 is 10.1 Å². The SMILES string of the molecule is CC(=O)Nc1cc(/C=C/c2ccc(OC(=O)c3ccc(C)cc3)cc2)ccn1. The van der Waals surface area contributed by atoms with Crippen LogP contribution in [0.4, 0.5) is 5.82 Å². The fourth-order valence-electron chi connectivity index (χ4n) is 2.49. The summed E-state index contributed by atoms with van der Waals surface area (Å²) in [4.78, 5) is 27.4. The van der Waals surface area contributed by atoms with Crippen LogP contribution in [0.25, 0.3) is 12.2 Å². The molecule has 1 amide bonds. The van der Waals surface area contributed by atoms with Crippen LogP contribution < -0.4 is 10.1 Å². The van der Waals surface area contributed by atoms with Gasteiger partial charge in [-0.1, -0.05) is 42.0 Å². The summed E-state index contributed by atoms with van der Waals surface area (Å²) in [7, 11) is 0. The van der Waals surface area contributed by atoms with E-state index in [0.29, 0.717) is 17.1 Å². The number of anilines is 1. The Labute approximate surface area is 163 Å². The molecular formula is C23H20N2O3. The molecule has 1 aromatic heterocycles. The van der Waals surface area contributed by atoms with Gasteiger partial charge in [0.15, 0.2) is 0 Å². The Morgan fingerprint density at radius 3 is 2.29 bits per heavy atom. The zero-order valence-electron chi connectivity index (χ0n) is 15.7. The van der Waals surface area contributed by atoms with Gasteiger partial charge in [-0.25, -0.2) is 9.78 Å². The lowest BCUT2D eigenvalue weighted by molar-refractivity contribution is -0.114. The number of carbonyl (C=O) groups is 2. The summed E-state index contributed by atoms with van der Waals surface area (Å²) >= 11 is 0. The Bertz CT molecular complexity index is 1010. The third kappa shape index (κ3) is 5.38. The van der Waals surface area contributed by atoms with Gasteiger partial charge in [0.25, 0.3) is 0 Å². The molecule has 140 valence electrons. The Kier molecular flexibility index (Phi) is 5.97. The smallest absolute Gasteiger partial charge is 0.343 e. The van der Waals surface area contributed by atoms with Crippen LogP contribution in [0.5, 0.6) is 5.75 Å². The van der Waals surface area contributed by atoms with Gasteiger partial charge in [0.1, 0.15) is 11.6 Å². The number of pyridine rings is 1. The Balaban J connectivity index is 1.64. The first-order valence-corrected chi connectivity index (χ1v) is 8.80. The molecule has 1 N–H and O–H groups in total. The summed E-state index contributed by atoms with van der Waals surface area (Å²) in [6, 6.07) is 18.1. The largest absolute Gasteiger partial charge is 0.423 e. The molecule has 0 atom stereocenters. The zero-order chi connectivity index (χ0) is 19.9. The van der Waals surface area contributed by atoms with E-state index in [1.165, 1.54) is 6.92 Å². The van der Waals surface area contributed by atoms with E-state index in [2.05, 4.69) is 10.3 Å². The Morgan fingerprint density at radius 1 is 0.929 bits per heavy atom. The highest BCUT2D eigenvalue weighted by atomic mass is 16.5. The fraction of sp³-hybridized carbons (Fsp3) is 0.0870. The van der Waals surface area contributed by atoms with Gasteiger partial charge in [-0.3, -0.25) is 4.79 Å². The van der Waals surface area contributed by atoms with Crippen molar-refractivity contribution in [2.24, 2.45) is 0 Å². The van der Waals surface area contributed by atoms with Gasteiger partial charge >= 0.3 is 5.97 Å². The van der Waals surface area contributed by atoms with Gasteiger partial charge in [-0.05, 0) is 54.4 Å². The van der Waals surface area contributed by atoms with Gasteiger partial charge in [-0.15, -0.1) is 0 Å². The average molecular weight is 372 g/mol. The zero-order valence-corrected chi connectivity index (χ0v) is 15.7. The normalized spacial score (nSPS) is 10.6. The predicted octanol–water partition coefficient (Wildman–Crippen LogP) is 4.74. The number of aryl methyl sites for hydroxylation is 1. The first-order chi connectivity index (χ1) is 13.5. The molecule has 0 bridgehead atoms. The molecule has 0 spiro atoms. The molecule has 0 saturated heterocycles. The Hall–Kier alpha value is -3.73. The van der Waals surface area contributed by atoms with Crippen molar-refractivity contribution < 1.29 is 14.3 Å². The number of carbonyl (C=O) groups excluding carboxylic acids is 2.